The van der Waals surface area contributed by atoms with Crippen molar-refractivity contribution >= 4 is 23.2 Å². The number of rotatable bonds is 3. The van der Waals surface area contributed by atoms with Crippen molar-refractivity contribution < 1.29 is 4.79 Å². The minimum Gasteiger partial charge on any atom is -0.326 e. The zero-order valence-electron chi connectivity index (χ0n) is 10.1. The summed E-state index contributed by atoms with van der Waals surface area (Å²) in [7, 11) is 0. The maximum Gasteiger partial charge on any atom is 0.224 e. The third kappa shape index (κ3) is 3.01. The van der Waals surface area contributed by atoms with E-state index >= 15 is 0 Å². The van der Waals surface area contributed by atoms with Crippen molar-refractivity contribution in [3.8, 4) is 0 Å². The molecule has 1 aliphatic rings. The molecule has 2 nitrogen and oxygen atoms in total. The average Bonchev–Trinajstić information content (AvgIpc) is 2.49. The normalized spacial score (nSPS) is 16.9. The summed E-state index contributed by atoms with van der Waals surface area (Å²) in [6.45, 7) is 2.14. The molecule has 0 aliphatic carbocycles. The van der Waals surface area contributed by atoms with Crippen LogP contribution in [-0.2, 0) is 11.2 Å². The van der Waals surface area contributed by atoms with Gasteiger partial charge in [0, 0.05) is 12.1 Å². The average molecular weight is 252 g/mol. The minimum absolute atomic E-state index is 0.0873. The first-order chi connectivity index (χ1) is 8.20. The molecule has 0 spiro atoms. The Morgan fingerprint density at radius 3 is 3.00 bits per heavy atom. The Bertz CT molecular complexity index is 417. The summed E-state index contributed by atoms with van der Waals surface area (Å²) in [5, 5.41) is 3.03. The number of carbonyl (C=O) groups excluding carboxylic acids is 1. The van der Waals surface area contributed by atoms with Crippen molar-refractivity contribution in [2.24, 2.45) is 0 Å². The van der Waals surface area contributed by atoms with Gasteiger partial charge < -0.3 is 5.32 Å². The van der Waals surface area contributed by atoms with Crippen LogP contribution in [0.1, 0.15) is 49.1 Å². The number of amides is 1. The van der Waals surface area contributed by atoms with Gasteiger partial charge in [0.15, 0.2) is 0 Å². The lowest BCUT2D eigenvalue weighted by molar-refractivity contribution is -0.116. The number of anilines is 1. The molecule has 1 heterocycles. The van der Waals surface area contributed by atoms with Crippen molar-refractivity contribution in [2.75, 3.05) is 5.32 Å². The summed E-state index contributed by atoms with van der Waals surface area (Å²) in [5.41, 5.74) is 3.34. The molecule has 0 saturated carbocycles. The van der Waals surface area contributed by atoms with E-state index in [0.717, 1.165) is 31.4 Å². The van der Waals surface area contributed by atoms with E-state index in [-0.39, 0.29) is 11.3 Å². The first kappa shape index (κ1) is 12.4. The molecule has 92 valence electrons. The van der Waals surface area contributed by atoms with Crippen molar-refractivity contribution in [1.82, 2.24) is 0 Å². The van der Waals surface area contributed by atoms with Gasteiger partial charge in [0.05, 0.1) is 5.38 Å². The minimum atomic E-state index is 0.0873. The molecule has 1 unspecified atom stereocenters. The van der Waals surface area contributed by atoms with E-state index in [1.165, 1.54) is 11.1 Å². The first-order valence-corrected chi connectivity index (χ1v) is 6.71. The predicted octanol–water partition coefficient (Wildman–Crippen LogP) is 4.04. The van der Waals surface area contributed by atoms with Crippen LogP contribution in [0, 0.1) is 0 Å². The molecule has 17 heavy (non-hydrogen) atoms. The van der Waals surface area contributed by atoms with Gasteiger partial charge in [-0.15, -0.1) is 11.6 Å². The maximum atomic E-state index is 11.4. The van der Waals surface area contributed by atoms with Crippen molar-refractivity contribution in [3.05, 3.63) is 29.3 Å². The van der Waals surface area contributed by atoms with Crippen LogP contribution >= 0.6 is 11.6 Å². The second-order valence-electron chi connectivity index (χ2n) is 4.57. The summed E-state index contributed by atoms with van der Waals surface area (Å²) in [5.74, 6) is 0.118. The van der Waals surface area contributed by atoms with Crippen LogP contribution in [0.15, 0.2) is 18.2 Å². The smallest absolute Gasteiger partial charge is 0.224 e. The molecule has 1 atom stereocenters. The number of halogens is 1. The molecule has 0 fully saturated rings. The second-order valence-corrected chi connectivity index (χ2v) is 5.10. The van der Waals surface area contributed by atoms with E-state index in [2.05, 4.69) is 18.3 Å². The van der Waals surface area contributed by atoms with Crippen LogP contribution in [0.25, 0.3) is 0 Å². The molecular formula is C14H18ClNO. The Morgan fingerprint density at radius 2 is 2.24 bits per heavy atom. The number of benzene rings is 1. The van der Waals surface area contributed by atoms with E-state index in [9.17, 15) is 4.79 Å². The van der Waals surface area contributed by atoms with Crippen LogP contribution in [0.4, 0.5) is 5.69 Å². The molecule has 0 radical (unpaired) electrons. The highest BCUT2D eigenvalue weighted by molar-refractivity contribution is 6.20. The molecule has 1 amide bonds. The van der Waals surface area contributed by atoms with E-state index in [1.807, 2.05) is 12.1 Å². The topological polar surface area (TPSA) is 29.1 Å². The third-order valence-corrected chi connectivity index (χ3v) is 3.63. The van der Waals surface area contributed by atoms with Crippen LogP contribution in [0.5, 0.6) is 0 Å². The van der Waals surface area contributed by atoms with Gasteiger partial charge >= 0.3 is 0 Å². The second kappa shape index (κ2) is 5.54. The fourth-order valence-corrected chi connectivity index (χ4v) is 2.56. The van der Waals surface area contributed by atoms with Gasteiger partial charge in [-0.1, -0.05) is 25.5 Å². The van der Waals surface area contributed by atoms with Gasteiger partial charge in [0.1, 0.15) is 0 Å². The predicted molar refractivity (Wildman–Crippen MR) is 71.5 cm³/mol. The summed E-state index contributed by atoms with van der Waals surface area (Å²) >= 11 is 6.33. The molecule has 3 heteroatoms. The van der Waals surface area contributed by atoms with Crippen LogP contribution in [0.2, 0.25) is 0 Å². The Morgan fingerprint density at radius 1 is 1.41 bits per heavy atom. The van der Waals surface area contributed by atoms with E-state index in [4.69, 9.17) is 11.6 Å². The van der Waals surface area contributed by atoms with E-state index in [0.29, 0.717) is 6.42 Å². The van der Waals surface area contributed by atoms with Gasteiger partial charge in [-0.2, -0.15) is 0 Å². The largest absolute Gasteiger partial charge is 0.326 e. The SMILES string of the molecule is CCCC(Cl)c1ccc2c(c1)CCCC(=O)N2. The lowest BCUT2D eigenvalue weighted by atomic mass is 10.0. The quantitative estimate of drug-likeness (QED) is 0.807. The summed E-state index contributed by atoms with van der Waals surface area (Å²) in [6, 6.07) is 6.16. The Labute approximate surface area is 107 Å². The van der Waals surface area contributed by atoms with Crippen LogP contribution in [0.3, 0.4) is 0 Å². The molecule has 1 aliphatic heterocycles. The highest BCUT2D eigenvalue weighted by Gasteiger charge is 2.15. The van der Waals surface area contributed by atoms with Gasteiger partial charge in [-0.25, -0.2) is 0 Å². The first-order valence-electron chi connectivity index (χ1n) is 6.27. The van der Waals surface area contributed by atoms with Crippen molar-refractivity contribution in [3.63, 3.8) is 0 Å². The highest BCUT2D eigenvalue weighted by Crippen LogP contribution is 2.30. The maximum absolute atomic E-state index is 11.4. The van der Waals surface area contributed by atoms with Crippen LogP contribution < -0.4 is 5.32 Å². The zero-order chi connectivity index (χ0) is 12.3. The number of fused-ring (bicyclic) bond motifs is 1. The monoisotopic (exact) mass is 251 g/mol. The van der Waals surface area contributed by atoms with Gasteiger partial charge in [-0.05, 0) is 36.5 Å². The number of hydrogen-bond acceptors (Lipinski definition) is 1. The fourth-order valence-electron chi connectivity index (χ4n) is 2.21. The Balaban J connectivity index is 2.24. The standard InChI is InChI=1S/C14H18ClNO/c1-2-4-12(15)10-7-8-13-11(9-10)5-3-6-14(17)16-13/h7-9,12H,2-6H2,1H3,(H,16,17). The van der Waals surface area contributed by atoms with Crippen molar-refractivity contribution in [2.45, 2.75) is 44.4 Å². The highest BCUT2D eigenvalue weighted by atomic mass is 35.5. The Kier molecular flexibility index (Phi) is 4.06. The lowest BCUT2D eigenvalue weighted by Crippen LogP contribution is -2.09. The molecule has 1 aromatic rings. The fraction of sp³-hybridized carbons (Fsp3) is 0.500. The number of carbonyl (C=O) groups is 1. The third-order valence-electron chi connectivity index (χ3n) is 3.16. The van der Waals surface area contributed by atoms with E-state index < -0.39 is 0 Å². The van der Waals surface area contributed by atoms with Gasteiger partial charge in [0.2, 0.25) is 5.91 Å². The van der Waals surface area contributed by atoms with Gasteiger partial charge in [0.25, 0.3) is 0 Å². The molecule has 1 N–H and O–H groups in total. The lowest BCUT2D eigenvalue weighted by Gasteiger charge is -2.12. The molecule has 1 aromatic carbocycles. The van der Waals surface area contributed by atoms with Crippen LogP contribution in [-0.4, -0.2) is 5.91 Å². The molecule has 2 rings (SSSR count). The number of aryl methyl sites for hydroxylation is 1. The summed E-state index contributed by atoms with van der Waals surface area (Å²) in [6.07, 6.45) is 4.57. The molecular weight excluding hydrogens is 234 g/mol. The van der Waals surface area contributed by atoms with Gasteiger partial charge in [-0.3, -0.25) is 4.79 Å². The summed E-state index contributed by atoms with van der Waals surface area (Å²) in [4.78, 5) is 11.4. The molecule has 0 saturated heterocycles. The molecule has 0 bridgehead atoms. The molecule has 0 aromatic heterocycles. The van der Waals surface area contributed by atoms with E-state index in [1.54, 1.807) is 0 Å². The van der Waals surface area contributed by atoms with Crippen molar-refractivity contribution in [1.29, 1.82) is 0 Å². The zero-order valence-corrected chi connectivity index (χ0v) is 10.9. The number of nitrogens with one attached hydrogen (secondary N) is 1. The summed E-state index contributed by atoms with van der Waals surface area (Å²) < 4.78 is 0. The number of alkyl halides is 1. The number of hydrogen-bond donors (Lipinski definition) is 1. The Hall–Kier alpha value is -1.02.